The fourth-order valence-electron chi connectivity index (χ4n) is 1.17. The molecule has 1 unspecified atom stereocenters. The minimum Gasteiger partial charge on any atom is -0.363 e. The van der Waals surface area contributed by atoms with Crippen LogP contribution in [0.4, 0.5) is 17.1 Å². The first-order valence-corrected chi connectivity index (χ1v) is 4.60. The van der Waals surface area contributed by atoms with Crippen molar-refractivity contribution in [1.82, 2.24) is 0 Å². The normalized spacial score (nSPS) is 11.9. The molecule has 1 atom stereocenters. The number of hydrogen-bond donors (Lipinski definition) is 3. The van der Waals surface area contributed by atoms with Gasteiger partial charge in [0, 0.05) is 12.6 Å². The summed E-state index contributed by atoms with van der Waals surface area (Å²) in [7, 11) is 0. The Balaban J connectivity index is 3.13. The third-order valence-corrected chi connectivity index (χ3v) is 1.98. The monoisotopic (exact) mass is 241 g/mol. The van der Waals surface area contributed by atoms with E-state index in [0.717, 1.165) is 12.1 Å². The van der Waals surface area contributed by atoms with E-state index in [1.807, 2.05) is 0 Å². The van der Waals surface area contributed by atoms with E-state index < -0.39 is 21.7 Å². The van der Waals surface area contributed by atoms with Crippen LogP contribution >= 0.6 is 0 Å². The van der Waals surface area contributed by atoms with Crippen LogP contribution < -0.4 is 16.8 Å². The Labute approximate surface area is 95.7 Å². The smallest absolute Gasteiger partial charge is 0.299 e. The number of nitro benzene ring substituents is 2. The molecule has 0 bridgehead atoms. The van der Waals surface area contributed by atoms with E-state index in [4.69, 9.17) is 11.5 Å². The number of nitrogens with zero attached hydrogens (tertiary/aromatic N) is 2. The van der Waals surface area contributed by atoms with Gasteiger partial charge in [-0.1, -0.05) is 0 Å². The molecule has 0 saturated heterocycles. The van der Waals surface area contributed by atoms with Gasteiger partial charge >= 0.3 is 0 Å². The van der Waals surface area contributed by atoms with Crippen molar-refractivity contribution in [2.45, 2.75) is 6.17 Å². The van der Waals surface area contributed by atoms with Crippen LogP contribution in [0.1, 0.15) is 0 Å². The Morgan fingerprint density at radius 1 is 1.29 bits per heavy atom. The molecule has 0 aliphatic heterocycles. The van der Waals surface area contributed by atoms with E-state index >= 15 is 0 Å². The third kappa shape index (κ3) is 3.09. The fraction of sp³-hybridized carbons (Fsp3) is 0.250. The lowest BCUT2D eigenvalue weighted by atomic mass is 10.2. The van der Waals surface area contributed by atoms with E-state index in [1.165, 1.54) is 6.07 Å². The van der Waals surface area contributed by atoms with Gasteiger partial charge in [0.05, 0.1) is 22.1 Å². The second-order valence-corrected chi connectivity index (χ2v) is 3.20. The van der Waals surface area contributed by atoms with Crippen LogP contribution in [0.2, 0.25) is 0 Å². The molecule has 0 saturated carbocycles. The van der Waals surface area contributed by atoms with Gasteiger partial charge in [-0.2, -0.15) is 0 Å². The molecule has 0 spiro atoms. The third-order valence-electron chi connectivity index (χ3n) is 1.98. The van der Waals surface area contributed by atoms with Crippen molar-refractivity contribution in [3.63, 3.8) is 0 Å². The zero-order chi connectivity index (χ0) is 13.0. The van der Waals surface area contributed by atoms with Crippen LogP contribution in [0.25, 0.3) is 0 Å². The van der Waals surface area contributed by atoms with Crippen LogP contribution in [0, 0.1) is 20.2 Å². The van der Waals surface area contributed by atoms with Crippen molar-refractivity contribution in [3.05, 3.63) is 38.4 Å². The molecule has 0 aliphatic carbocycles. The lowest BCUT2D eigenvalue weighted by Crippen LogP contribution is -2.37. The summed E-state index contributed by atoms with van der Waals surface area (Å²) in [5.74, 6) is 0. The van der Waals surface area contributed by atoms with Crippen LogP contribution in [-0.4, -0.2) is 22.6 Å². The van der Waals surface area contributed by atoms with Gasteiger partial charge in [-0.25, -0.2) is 0 Å². The fourth-order valence-corrected chi connectivity index (χ4v) is 1.17. The summed E-state index contributed by atoms with van der Waals surface area (Å²) in [5, 5.41) is 23.8. The number of anilines is 1. The first kappa shape index (κ1) is 12.8. The summed E-state index contributed by atoms with van der Waals surface area (Å²) in [6.07, 6.45) is -0.657. The number of nitrogens with one attached hydrogen (secondary N) is 1. The molecule has 5 N–H and O–H groups in total. The maximum Gasteiger partial charge on any atom is 0.299 e. The predicted molar refractivity (Wildman–Crippen MR) is 60.4 cm³/mol. The zero-order valence-electron chi connectivity index (χ0n) is 8.70. The topological polar surface area (TPSA) is 150 Å². The van der Waals surface area contributed by atoms with Crippen molar-refractivity contribution >= 4 is 17.1 Å². The Morgan fingerprint density at radius 2 is 1.94 bits per heavy atom. The SMILES string of the molecule is NCC(N)Nc1ccc([N+](=O)[O-])cc1[N+](=O)[O-]. The maximum absolute atomic E-state index is 10.7. The van der Waals surface area contributed by atoms with Crippen molar-refractivity contribution in [2.75, 3.05) is 11.9 Å². The number of benzene rings is 1. The average molecular weight is 241 g/mol. The van der Waals surface area contributed by atoms with Gasteiger partial charge in [-0.15, -0.1) is 0 Å². The summed E-state index contributed by atoms with van der Waals surface area (Å²) in [6, 6.07) is 3.25. The molecule has 0 aliphatic rings. The van der Waals surface area contributed by atoms with Crippen molar-refractivity contribution in [2.24, 2.45) is 11.5 Å². The molecule has 1 aromatic rings. The standard InChI is InChI=1S/C8H11N5O4/c9-4-8(10)11-6-2-1-5(12(14)15)3-7(6)13(16)17/h1-3,8,11H,4,9-10H2. The van der Waals surface area contributed by atoms with Gasteiger partial charge in [0.1, 0.15) is 5.69 Å². The van der Waals surface area contributed by atoms with E-state index in [-0.39, 0.29) is 17.9 Å². The summed E-state index contributed by atoms with van der Waals surface area (Å²) in [6.45, 7) is 0.0775. The second-order valence-electron chi connectivity index (χ2n) is 3.20. The minimum atomic E-state index is -0.724. The van der Waals surface area contributed by atoms with E-state index in [2.05, 4.69) is 5.32 Å². The maximum atomic E-state index is 10.7. The van der Waals surface area contributed by atoms with E-state index in [9.17, 15) is 20.2 Å². The van der Waals surface area contributed by atoms with Crippen LogP contribution in [0.3, 0.4) is 0 Å². The summed E-state index contributed by atoms with van der Waals surface area (Å²) in [4.78, 5) is 19.8. The minimum absolute atomic E-state index is 0.0775. The molecule has 1 rings (SSSR count). The zero-order valence-corrected chi connectivity index (χ0v) is 8.70. The summed E-state index contributed by atoms with van der Waals surface area (Å²) in [5.41, 5.74) is 10.1. The number of nitro groups is 2. The van der Waals surface area contributed by atoms with Gasteiger partial charge in [-0.3, -0.25) is 20.2 Å². The summed E-state index contributed by atoms with van der Waals surface area (Å²) < 4.78 is 0. The molecule has 92 valence electrons. The largest absolute Gasteiger partial charge is 0.363 e. The van der Waals surface area contributed by atoms with Crippen LogP contribution in [0.5, 0.6) is 0 Å². The van der Waals surface area contributed by atoms with Gasteiger partial charge in [0.25, 0.3) is 11.4 Å². The molecular formula is C8H11N5O4. The Hall–Kier alpha value is -2.26. The lowest BCUT2D eigenvalue weighted by molar-refractivity contribution is -0.393. The molecular weight excluding hydrogens is 230 g/mol. The highest BCUT2D eigenvalue weighted by molar-refractivity contribution is 5.65. The molecule has 17 heavy (non-hydrogen) atoms. The summed E-state index contributed by atoms with van der Waals surface area (Å²) >= 11 is 0. The molecule has 0 amide bonds. The highest BCUT2D eigenvalue weighted by atomic mass is 16.6. The van der Waals surface area contributed by atoms with Gasteiger partial charge in [-0.05, 0) is 6.07 Å². The lowest BCUT2D eigenvalue weighted by Gasteiger charge is -2.12. The predicted octanol–water partition coefficient (Wildman–Crippen LogP) is 0.158. The molecule has 0 heterocycles. The quantitative estimate of drug-likeness (QED) is 0.377. The average Bonchev–Trinajstić information content (AvgIpc) is 2.28. The second kappa shape index (κ2) is 5.18. The number of nitrogens with two attached hydrogens (primary N) is 2. The van der Waals surface area contributed by atoms with Crippen LogP contribution in [0.15, 0.2) is 18.2 Å². The van der Waals surface area contributed by atoms with Gasteiger partial charge in [0.15, 0.2) is 0 Å². The first-order chi connectivity index (χ1) is 7.95. The molecule has 0 radical (unpaired) electrons. The molecule has 0 fully saturated rings. The number of non-ortho nitro benzene ring substituents is 1. The van der Waals surface area contributed by atoms with Crippen molar-refractivity contribution in [1.29, 1.82) is 0 Å². The van der Waals surface area contributed by atoms with Crippen molar-refractivity contribution < 1.29 is 9.85 Å². The van der Waals surface area contributed by atoms with Gasteiger partial charge < -0.3 is 16.8 Å². The molecule has 9 nitrogen and oxygen atoms in total. The first-order valence-electron chi connectivity index (χ1n) is 4.60. The highest BCUT2D eigenvalue weighted by Gasteiger charge is 2.20. The Bertz CT molecular complexity index is 450. The molecule has 0 aromatic heterocycles. The van der Waals surface area contributed by atoms with E-state index in [1.54, 1.807) is 0 Å². The number of rotatable bonds is 5. The highest BCUT2D eigenvalue weighted by Crippen LogP contribution is 2.28. The molecule has 9 heteroatoms. The van der Waals surface area contributed by atoms with Crippen LogP contribution in [-0.2, 0) is 0 Å². The number of hydrogen-bond acceptors (Lipinski definition) is 7. The molecule has 1 aromatic carbocycles. The van der Waals surface area contributed by atoms with Gasteiger partial charge in [0.2, 0.25) is 0 Å². The Kier molecular flexibility index (Phi) is 3.91. The van der Waals surface area contributed by atoms with Crippen molar-refractivity contribution in [3.8, 4) is 0 Å². The van der Waals surface area contributed by atoms with E-state index in [0.29, 0.717) is 0 Å². The Morgan fingerprint density at radius 3 is 2.41 bits per heavy atom.